The number of methoxy groups -OCH3 is 1. The first-order valence-corrected chi connectivity index (χ1v) is 6.61. The molecule has 1 aromatic carbocycles. The van der Waals surface area contributed by atoms with E-state index < -0.39 is 0 Å². The fourth-order valence-corrected chi connectivity index (χ4v) is 2.20. The molecule has 1 rings (SSSR count). The third kappa shape index (κ3) is 4.24. The molecule has 106 valence electrons. The Kier molecular flexibility index (Phi) is 5.83. The molecule has 1 unspecified atom stereocenters. The van der Waals surface area contributed by atoms with Crippen LogP contribution in [-0.2, 0) is 11.3 Å². The van der Waals surface area contributed by atoms with Crippen molar-refractivity contribution < 1.29 is 9.53 Å². The zero-order chi connectivity index (χ0) is 14.4. The van der Waals surface area contributed by atoms with Crippen LogP contribution in [0.15, 0.2) is 12.1 Å². The molecule has 0 saturated heterocycles. The van der Waals surface area contributed by atoms with E-state index in [1.807, 2.05) is 26.8 Å². The molecular formula is C15H24N2O2. The van der Waals surface area contributed by atoms with E-state index in [1.165, 1.54) is 0 Å². The molecule has 0 spiro atoms. The Balaban J connectivity index is 2.75. The molecule has 0 bridgehead atoms. The molecule has 0 aliphatic carbocycles. The van der Waals surface area contributed by atoms with E-state index in [9.17, 15) is 4.79 Å². The van der Waals surface area contributed by atoms with Gasteiger partial charge in [-0.2, -0.15) is 0 Å². The van der Waals surface area contributed by atoms with Gasteiger partial charge in [0.2, 0.25) is 5.91 Å². The van der Waals surface area contributed by atoms with Gasteiger partial charge in [-0.3, -0.25) is 4.79 Å². The van der Waals surface area contributed by atoms with Gasteiger partial charge in [0.25, 0.3) is 0 Å². The molecule has 1 aromatic rings. The lowest BCUT2D eigenvalue weighted by molar-refractivity contribution is -0.124. The highest BCUT2D eigenvalue weighted by atomic mass is 16.5. The van der Waals surface area contributed by atoms with Crippen molar-refractivity contribution in [2.75, 3.05) is 13.7 Å². The van der Waals surface area contributed by atoms with Gasteiger partial charge < -0.3 is 15.8 Å². The summed E-state index contributed by atoms with van der Waals surface area (Å²) in [6, 6.07) is 4.11. The van der Waals surface area contributed by atoms with Crippen molar-refractivity contribution in [3.63, 3.8) is 0 Å². The summed E-state index contributed by atoms with van der Waals surface area (Å²) in [5.74, 6) is 0.825. The summed E-state index contributed by atoms with van der Waals surface area (Å²) in [6.07, 6.45) is 0.704. The third-order valence-electron chi connectivity index (χ3n) is 3.20. The van der Waals surface area contributed by atoms with Crippen LogP contribution in [0.1, 0.15) is 30.0 Å². The molecule has 0 saturated carbocycles. The van der Waals surface area contributed by atoms with Gasteiger partial charge in [0, 0.05) is 18.0 Å². The number of ether oxygens (including phenoxy) is 1. The maximum atomic E-state index is 11.9. The minimum absolute atomic E-state index is 0.0339. The first-order valence-electron chi connectivity index (χ1n) is 6.61. The van der Waals surface area contributed by atoms with E-state index in [1.54, 1.807) is 7.11 Å². The molecule has 19 heavy (non-hydrogen) atoms. The van der Waals surface area contributed by atoms with Crippen LogP contribution in [0.3, 0.4) is 0 Å². The van der Waals surface area contributed by atoms with Gasteiger partial charge in [0.05, 0.1) is 7.11 Å². The number of amides is 1. The maximum absolute atomic E-state index is 11.9. The van der Waals surface area contributed by atoms with Crippen molar-refractivity contribution >= 4 is 5.91 Å². The lowest BCUT2D eigenvalue weighted by Crippen LogP contribution is -2.30. The summed E-state index contributed by atoms with van der Waals surface area (Å²) >= 11 is 0. The summed E-state index contributed by atoms with van der Waals surface area (Å²) in [6.45, 7) is 6.95. The van der Waals surface area contributed by atoms with E-state index in [2.05, 4.69) is 11.4 Å². The number of nitrogens with one attached hydrogen (secondary N) is 1. The van der Waals surface area contributed by atoms with Crippen LogP contribution >= 0.6 is 0 Å². The van der Waals surface area contributed by atoms with Crippen molar-refractivity contribution in [3.8, 4) is 5.75 Å². The fourth-order valence-electron chi connectivity index (χ4n) is 2.20. The molecule has 0 aromatic heterocycles. The van der Waals surface area contributed by atoms with Crippen molar-refractivity contribution in [1.29, 1.82) is 0 Å². The molecule has 0 aliphatic heterocycles. The van der Waals surface area contributed by atoms with Crippen LogP contribution in [0.4, 0.5) is 0 Å². The van der Waals surface area contributed by atoms with Crippen molar-refractivity contribution in [1.82, 2.24) is 5.32 Å². The van der Waals surface area contributed by atoms with Crippen LogP contribution in [0, 0.1) is 19.8 Å². The standard InChI is InChI=1S/C15H24N2O2/c1-10-7-12(3)14(19-4)13(8-10)9-17-15(18)11(2)5-6-16/h7-8,11H,5-6,9,16H2,1-4H3,(H,17,18). The first kappa shape index (κ1) is 15.5. The van der Waals surface area contributed by atoms with Gasteiger partial charge in [0.15, 0.2) is 0 Å². The molecular weight excluding hydrogens is 240 g/mol. The minimum Gasteiger partial charge on any atom is -0.496 e. The van der Waals surface area contributed by atoms with Gasteiger partial charge in [-0.1, -0.05) is 24.6 Å². The molecule has 0 fully saturated rings. The van der Waals surface area contributed by atoms with Crippen LogP contribution in [0.25, 0.3) is 0 Å². The summed E-state index contributed by atoms with van der Waals surface area (Å²) in [5.41, 5.74) is 8.72. The predicted molar refractivity (Wildman–Crippen MR) is 77.2 cm³/mol. The summed E-state index contributed by atoms with van der Waals surface area (Å²) in [4.78, 5) is 11.9. The van der Waals surface area contributed by atoms with E-state index in [4.69, 9.17) is 10.5 Å². The minimum atomic E-state index is -0.0538. The van der Waals surface area contributed by atoms with E-state index in [0.29, 0.717) is 19.5 Å². The van der Waals surface area contributed by atoms with Crippen molar-refractivity contribution in [2.24, 2.45) is 11.7 Å². The van der Waals surface area contributed by atoms with Crippen molar-refractivity contribution in [2.45, 2.75) is 33.7 Å². The summed E-state index contributed by atoms with van der Waals surface area (Å²) < 4.78 is 5.40. The average molecular weight is 264 g/mol. The number of benzene rings is 1. The smallest absolute Gasteiger partial charge is 0.223 e. The Hall–Kier alpha value is -1.55. The Morgan fingerprint density at radius 1 is 1.42 bits per heavy atom. The number of rotatable bonds is 6. The number of carbonyl (C=O) groups excluding carboxylic acids is 1. The second kappa shape index (κ2) is 7.14. The highest BCUT2D eigenvalue weighted by molar-refractivity contribution is 5.78. The topological polar surface area (TPSA) is 64.3 Å². The van der Waals surface area contributed by atoms with Crippen molar-refractivity contribution in [3.05, 3.63) is 28.8 Å². The van der Waals surface area contributed by atoms with Gasteiger partial charge in [-0.05, 0) is 32.4 Å². The van der Waals surface area contributed by atoms with Crippen LogP contribution in [0.2, 0.25) is 0 Å². The van der Waals surface area contributed by atoms with Crippen LogP contribution < -0.4 is 15.8 Å². The van der Waals surface area contributed by atoms with Gasteiger partial charge in [-0.25, -0.2) is 0 Å². The molecule has 0 heterocycles. The number of nitrogens with two attached hydrogens (primary N) is 1. The van der Waals surface area contributed by atoms with Gasteiger partial charge >= 0.3 is 0 Å². The van der Waals surface area contributed by atoms with E-state index in [-0.39, 0.29) is 11.8 Å². The highest BCUT2D eigenvalue weighted by Crippen LogP contribution is 2.24. The first-order chi connectivity index (χ1) is 8.99. The van der Waals surface area contributed by atoms with Crippen LogP contribution in [-0.4, -0.2) is 19.6 Å². The van der Waals surface area contributed by atoms with Gasteiger partial charge in [-0.15, -0.1) is 0 Å². The molecule has 1 amide bonds. The molecule has 1 atom stereocenters. The summed E-state index contributed by atoms with van der Waals surface area (Å²) in [5, 5.41) is 2.94. The summed E-state index contributed by atoms with van der Waals surface area (Å²) in [7, 11) is 1.65. The maximum Gasteiger partial charge on any atom is 0.223 e. The Bertz CT molecular complexity index is 444. The lowest BCUT2D eigenvalue weighted by atomic mass is 10.0. The molecule has 0 radical (unpaired) electrons. The third-order valence-corrected chi connectivity index (χ3v) is 3.20. The number of hydrogen-bond acceptors (Lipinski definition) is 3. The van der Waals surface area contributed by atoms with E-state index in [0.717, 1.165) is 22.4 Å². The Morgan fingerprint density at radius 2 is 2.11 bits per heavy atom. The Labute approximate surface area is 115 Å². The number of hydrogen-bond donors (Lipinski definition) is 2. The number of aryl methyl sites for hydroxylation is 2. The zero-order valence-corrected chi connectivity index (χ0v) is 12.2. The lowest BCUT2D eigenvalue weighted by Gasteiger charge is -2.15. The molecule has 4 nitrogen and oxygen atoms in total. The monoisotopic (exact) mass is 264 g/mol. The molecule has 4 heteroatoms. The predicted octanol–water partition coefficient (Wildman–Crippen LogP) is 1.91. The van der Waals surface area contributed by atoms with Gasteiger partial charge in [0.1, 0.15) is 5.75 Å². The second-order valence-corrected chi connectivity index (χ2v) is 4.97. The SMILES string of the molecule is COc1c(C)cc(C)cc1CNC(=O)C(C)CCN. The van der Waals surface area contributed by atoms with E-state index >= 15 is 0 Å². The number of carbonyl (C=O) groups is 1. The molecule has 0 aliphatic rings. The molecule has 3 N–H and O–H groups in total. The second-order valence-electron chi connectivity index (χ2n) is 4.97. The normalized spacial score (nSPS) is 12.1. The highest BCUT2D eigenvalue weighted by Gasteiger charge is 2.13. The average Bonchev–Trinajstić information content (AvgIpc) is 2.35. The zero-order valence-electron chi connectivity index (χ0n) is 12.2. The quantitative estimate of drug-likeness (QED) is 0.825. The van der Waals surface area contributed by atoms with Crippen LogP contribution in [0.5, 0.6) is 5.75 Å². The fraction of sp³-hybridized carbons (Fsp3) is 0.533. The largest absolute Gasteiger partial charge is 0.496 e. The Morgan fingerprint density at radius 3 is 2.68 bits per heavy atom.